The van der Waals surface area contributed by atoms with E-state index in [4.69, 9.17) is 14.7 Å². The van der Waals surface area contributed by atoms with E-state index >= 15 is 0 Å². The Kier molecular flexibility index (Phi) is 6.22. The van der Waals surface area contributed by atoms with Gasteiger partial charge in [0, 0.05) is 24.5 Å². The van der Waals surface area contributed by atoms with Gasteiger partial charge in [0.2, 0.25) is 5.88 Å². The first-order valence-electron chi connectivity index (χ1n) is 10.3. The highest BCUT2D eigenvalue weighted by molar-refractivity contribution is 5.81. The molecule has 3 aromatic rings. The lowest BCUT2D eigenvalue weighted by Gasteiger charge is -2.22. The molecule has 0 bridgehead atoms. The van der Waals surface area contributed by atoms with Crippen LogP contribution < -0.4 is 4.74 Å². The molecule has 1 unspecified atom stereocenters. The minimum Gasteiger partial charge on any atom is -0.480 e. The average molecular weight is 396 g/mol. The summed E-state index contributed by atoms with van der Waals surface area (Å²) in [6.07, 6.45) is 3.22. The number of aromatic nitrogens is 4. The predicted molar refractivity (Wildman–Crippen MR) is 119 cm³/mol. The molecule has 0 aliphatic carbocycles. The largest absolute Gasteiger partial charge is 0.480 e. The molecular weight excluding hydrogens is 362 g/mol. The molecule has 0 fully saturated rings. The number of nitrogens with zero attached hydrogens (tertiary/aromatic N) is 5. The maximum Gasteiger partial charge on any atom is 0.222 e. The zero-order valence-electron chi connectivity index (χ0n) is 18.9. The Morgan fingerprint density at radius 3 is 2.41 bits per heavy atom. The molecule has 156 valence electrons. The number of methoxy groups -OCH3 is 1. The normalized spacial score (nSPS) is 12.9. The lowest BCUT2D eigenvalue weighted by atomic mass is 10.1. The van der Waals surface area contributed by atoms with Crippen molar-refractivity contribution in [1.82, 2.24) is 24.4 Å². The van der Waals surface area contributed by atoms with Crippen LogP contribution in [-0.2, 0) is 0 Å². The van der Waals surface area contributed by atoms with Crippen LogP contribution in [-0.4, -0.2) is 52.2 Å². The summed E-state index contributed by atoms with van der Waals surface area (Å²) in [5, 5.41) is 0. The third kappa shape index (κ3) is 4.13. The molecule has 0 amide bonds. The second-order valence-corrected chi connectivity index (χ2v) is 8.32. The van der Waals surface area contributed by atoms with Gasteiger partial charge < -0.3 is 14.2 Å². The maximum atomic E-state index is 5.60. The highest BCUT2D eigenvalue weighted by Gasteiger charge is 2.20. The summed E-state index contributed by atoms with van der Waals surface area (Å²) in [6, 6.07) is 4.47. The van der Waals surface area contributed by atoms with Crippen molar-refractivity contribution in [2.45, 2.75) is 53.0 Å². The van der Waals surface area contributed by atoms with Crippen molar-refractivity contribution in [3.8, 4) is 17.1 Å². The van der Waals surface area contributed by atoms with Gasteiger partial charge in [-0.05, 0) is 58.0 Å². The fourth-order valence-electron chi connectivity index (χ4n) is 3.76. The van der Waals surface area contributed by atoms with Crippen LogP contribution in [0.3, 0.4) is 0 Å². The Balaban J connectivity index is 2.15. The first kappa shape index (κ1) is 21.2. The second-order valence-electron chi connectivity index (χ2n) is 8.32. The minimum absolute atomic E-state index is 0.339. The molecule has 0 aliphatic heterocycles. The van der Waals surface area contributed by atoms with E-state index in [1.807, 2.05) is 6.92 Å². The Hall–Kier alpha value is -2.47. The van der Waals surface area contributed by atoms with Crippen LogP contribution in [0.25, 0.3) is 22.4 Å². The summed E-state index contributed by atoms with van der Waals surface area (Å²) in [7, 11) is 5.87. The number of likely N-dealkylation sites (N-methyl/N-ethyl adjacent to an activating group) is 1. The Morgan fingerprint density at radius 2 is 1.83 bits per heavy atom. The van der Waals surface area contributed by atoms with Crippen molar-refractivity contribution in [3.63, 3.8) is 0 Å². The van der Waals surface area contributed by atoms with Crippen LogP contribution in [0.5, 0.6) is 5.88 Å². The minimum atomic E-state index is 0.339. The fourth-order valence-corrected chi connectivity index (χ4v) is 3.76. The van der Waals surface area contributed by atoms with E-state index in [0.29, 0.717) is 17.8 Å². The number of fused-ring (bicyclic) bond motifs is 1. The van der Waals surface area contributed by atoms with E-state index < -0.39 is 0 Å². The summed E-state index contributed by atoms with van der Waals surface area (Å²) in [6.45, 7) is 11.6. The predicted octanol–water partition coefficient (Wildman–Crippen LogP) is 4.75. The molecule has 0 N–H and O–H groups in total. The van der Waals surface area contributed by atoms with E-state index in [0.717, 1.165) is 52.3 Å². The Labute approximate surface area is 174 Å². The van der Waals surface area contributed by atoms with Crippen molar-refractivity contribution < 1.29 is 4.74 Å². The van der Waals surface area contributed by atoms with E-state index in [9.17, 15) is 0 Å². The number of aryl methyl sites for hydroxylation is 2. The van der Waals surface area contributed by atoms with Gasteiger partial charge in [0.1, 0.15) is 5.52 Å². The molecule has 0 aromatic carbocycles. The molecule has 3 heterocycles. The van der Waals surface area contributed by atoms with E-state index in [-0.39, 0.29) is 0 Å². The molecule has 3 aromatic heterocycles. The number of hydrogen-bond donors (Lipinski definition) is 0. The topological polar surface area (TPSA) is 56.1 Å². The standard InChI is InChI=1S/C23H33N5O/c1-9-17(13-27(6)7)28-12-15(4)20-22(28)24-16(5)21(26-20)18-10-11-19(14(2)3)25-23(18)29-8/h10-12,14,17H,9,13H2,1-8H3. The number of rotatable bonds is 7. The third-order valence-electron chi connectivity index (χ3n) is 5.36. The second kappa shape index (κ2) is 8.49. The van der Waals surface area contributed by atoms with Crippen molar-refractivity contribution in [2.24, 2.45) is 0 Å². The number of hydrogen-bond acceptors (Lipinski definition) is 5. The highest BCUT2D eigenvalue weighted by atomic mass is 16.5. The Morgan fingerprint density at radius 1 is 1.10 bits per heavy atom. The molecule has 0 saturated heterocycles. The molecule has 0 radical (unpaired) electrons. The van der Waals surface area contributed by atoms with E-state index in [1.165, 1.54) is 0 Å². The van der Waals surface area contributed by atoms with E-state index in [1.54, 1.807) is 7.11 Å². The van der Waals surface area contributed by atoms with Gasteiger partial charge in [0.05, 0.1) is 24.1 Å². The van der Waals surface area contributed by atoms with Crippen LogP contribution in [0.15, 0.2) is 18.3 Å². The fraction of sp³-hybridized carbons (Fsp3) is 0.522. The average Bonchev–Trinajstić information content (AvgIpc) is 3.00. The van der Waals surface area contributed by atoms with Gasteiger partial charge in [0.25, 0.3) is 0 Å². The van der Waals surface area contributed by atoms with Gasteiger partial charge >= 0.3 is 0 Å². The van der Waals surface area contributed by atoms with Crippen LogP contribution in [0, 0.1) is 13.8 Å². The molecule has 6 nitrogen and oxygen atoms in total. The summed E-state index contributed by atoms with van der Waals surface area (Å²) in [5.74, 6) is 0.940. The van der Waals surface area contributed by atoms with Gasteiger partial charge in [0.15, 0.2) is 5.65 Å². The lowest BCUT2D eigenvalue weighted by molar-refractivity contribution is 0.320. The van der Waals surface area contributed by atoms with Gasteiger partial charge in [-0.3, -0.25) is 0 Å². The molecular formula is C23H33N5O. The third-order valence-corrected chi connectivity index (χ3v) is 5.36. The first-order chi connectivity index (χ1) is 13.8. The highest BCUT2D eigenvalue weighted by Crippen LogP contribution is 2.33. The Bertz CT molecular complexity index is 1010. The van der Waals surface area contributed by atoms with Crippen molar-refractivity contribution in [2.75, 3.05) is 27.7 Å². The molecule has 29 heavy (non-hydrogen) atoms. The lowest BCUT2D eigenvalue weighted by Crippen LogP contribution is -2.24. The smallest absolute Gasteiger partial charge is 0.222 e. The van der Waals surface area contributed by atoms with Crippen molar-refractivity contribution in [1.29, 1.82) is 0 Å². The summed E-state index contributed by atoms with van der Waals surface area (Å²) < 4.78 is 7.89. The summed E-state index contributed by atoms with van der Waals surface area (Å²) >= 11 is 0. The first-order valence-corrected chi connectivity index (χ1v) is 10.3. The van der Waals surface area contributed by atoms with Crippen LogP contribution in [0.2, 0.25) is 0 Å². The summed E-state index contributed by atoms with van der Waals surface area (Å²) in [4.78, 5) is 16.9. The van der Waals surface area contributed by atoms with Crippen LogP contribution in [0.1, 0.15) is 56.1 Å². The quantitative estimate of drug-likeness (QED) is 0.577. The molecule has 0 spiro atoms. The van der Waals surface area contributed by atoms with Gasteiger partial charge in [-0.2, -0.15) is 0 Å². The number of pyridine rings is 1. The number of ether oxygens (including phenoxy) is 1. The molecule has 0 saturated carbocycles. The van der Waals surface area contributed by atoms with Gasteiger partial charge in [-0.1, -0.05) is 20.8 Å². The molecule has 6 heteroatoms. The summed E-state index contributed by atoms with van der Waals surface area (Å²) in [5.41, 5.74) is 6.63. The molecule has 1 atom stereocenters. The van der Waals surface area contributed by atoms with Crippen molar-refractivity contribution >= 4 is 11.2 Å². The zero-order valence-corrected chi connectivity index (χ0v) is 18.9. The maximum absolute atomic E-state index is 5.60. The van der Waals surface area contributed by atoms with Crippen LogP contribution in [0.4, 0.5) is 0 Å². The van der Waals surface area contributed by atoms with Gasteiger partial charge in [-0.15, -0.1) is 0 Å². The SMILES string of the molecule is CCC(CN(C)C)n1cc(C)c2nc(-c3ccc(C(C)C)nc3OC)c(C)nc21. The van der Waals surface area contributed by atoms with Gasteiger partial charge in [-0.25, -0.2) is 15.0 Å². The monoisotopic (exact) mass is 395 g/mol. The van der Waals surface area contributed by atoms with Crippen molar-refractivity contribution in [3.05, 3.63) is 35.3 Å². The zero-order chi connectivity index (χ0) is 21.3. The van der Waals surface area contributed by atoms with E-state index in [2.05, 4.69) is 74.6 Å². The molecule has 0 aliphatic rings. The van der Waals surface area contributed by atoms with Crippen LogP contribution >= 0.6 is 0 Å². The molecule has 3 rings (SSSR count).